The molecule has 0 bridgehead atoms. The molecule has 0 aliphatic heterocycles. The number of nitrogens with one attached hydrogen (secondary N) is 1. The van der Waals surface area contributed by atoms with Crippen molar-refractivity contribution in [2.75, 3.05) is 11.9 Å². The van der Waals surface area contributed by atoms with E-state index in [9.17, 15) is 0 Å². The average Bonchev–Trinajstić information content (AvgIpc) is 2.67. The summed E-state index contributed by atoms with van der Waals surface area (Å²) in [6.07, 6.45) is 0.848. The van der Waals surface area contributed by atoms with Crippen molar-refractivity contribution in [1.82, 2.24) is 4.98 Å². The van der Waals surface area contributed by atoms with Crippen LogP contribution in [0.3, 0.4) is 0 Å². The van der Waals surface area contributed by atoms with Gasteiger partial charge in [0.25, 0.3) is 0 Å². The first-order valence-electron chi connectivity index (χ1n) is 4.90. The molecule has 0 unspecified atom stereocenters. The molecule has 0 saturated carbocycles. The molecule has 0 atom stereocenters. The lowest BCUT2D eigenvalue weighted by atomic mass is 10.1. The normalized spacial score (nSPS) is 10.2. The van der Waals surface area contributed by atoms with E-state index in [0.29, 0.717) is 0 Å². The number of phenolic OH excluding ortho intramolecular Hbond substituents is 1. The van der Waals surface area contributed by atoms with Crippen LogP contribution in [0, 0.1) is 0 Å². The van der Waals surface area contributed by atoms with E-state index in [0.717, 1.165) is 23.7 Å². The van der Waals surface area contributed by atoms with Gasteiger partial charge in [-0.3, -0.25) is 0 Å². The van der Waals surface area contributed by atoms with Crippen LogP contribution in [0.25, 0.3) is 0 Å². The van der Waals surface area contributed by atoms with Crippen LogP contribution < -0.4 is 5.32 Å². The van der Waals surface area contributed by atoms with Gasteiger partial charge in [0.2, 0.25) is 5.88 Å². The summed E-state index contributed by atoms with van der Waals surface area (Å²) in [7, 11) is 0. The Hall–Kier alpha value is -1.75. The summed E-state index contributed by atoms with van der Waals surface area (Å²) in [5.41, 5.74) is 1.14. The average molecular weight is 236 g/mol. The van der Waals surface area contributed by atoms with Crippen LogP contribution in [-0.4, -0.2) is 21.7 Å². The topological polar surface area (TPSA) is 65.4 Å². The van der Waals surface area contributed by atoms with Crippen molar-refractivity contribution in [3.8, 4) is 11.6 Å². The van der Waals surface area contributed by atoms with Crippen LogP contribution in [0.4, 0.5) is 5.13 Å². The number of nitrogens with zero attached hydrogens (tertiary/aromatic N) is 1. The zero-order chi connectivity index (χ0) is 11.4. The second kappa shape index (κ2) is 4.85. The lowest BCUT2D eigenvalue weighted by Gasteiger charge is -2.02. The maximum Gasteiger partial charge on any atom is 0.223 e. The van der Waals surface area contributed by atoms with Gasteiger partial charge >= 0.3 is 0 Å². The first kappa shape index (κ1) is 10.8. The van der Waals surface area contributed by atoms with Gasteiger partial charge in [-0.15, -0.1) is 11.3 Å². The van der Waals surface area contributed by atoms with Crippen LogP contribution >= 0.6 is 11.3 Å². The predicted molar refractivity (Wildman–Crippen MR) is 64.1 cm³/mol. The van der Waals surface area contributed by atoms with E-state index in [-0.39, 0.29) is 11.6 Å². The summed E-state index contributed by atoms with van der Waals surface area (Å²) in [6.45, 7) is 0.748. The van der Waals surface area contributed by atoms with Crippen LogP contribution in [0.15, 0.2) is 29.6 Å². The highest BCUT2D eigenvalue weighted by Crippen LogP contribution is 2.19. The largest absolute Gasteiger partial charge is 0.508 e. The molecule has 4 nitrogen and oxygen atoms in total. The fourth-order valence-corrected chi connectivity index (χ4v) is 1.92. The molecule has 84 valence electrons. The molecule has 0 aliphatic rings. The highest BCUT2D eigenvalue weighted by molar-refractivity contribution is 7.13. The second-order valence-electron chi connectivity index (χ2n) is 3.35. The number of benzene rings is 1. The number of hydrogen-bond donors (Lipinski definition) is 3. The minimum atomic E-state index is 0.0529. The van der Waals surface area contributed by atoms with Crippen molar-refractivity contribution in [2.45, 2.75) is 6.42 Å². The molecule has 3 N–H and O–H groups in total. The van der Waals surface area contributed by atoms with E-state index in [2.05, 4.69) is 10.3 Å². The first-order chi connectivity index (χ1) is 7.74. The summed E-state index contributed by atoms with van der Waals surface area (Å²) < 4.78 is 0. The van der Waals surface area contributed by atoms with E-state index in [1.807, 2.05) is 12.1 Å². The van der Waals surface area contributed by atoms with Gasteiger partial charge in [-0.2, -0.15) is 4.98 Å². The number of hydrogen-bond acceptors (Lipinski definition) is 5. The van der Waals surface area contributed by atoms with Crippen molar-refractivity contribution < 1.29 is 10.2 Å². The van der Waals surface area contributed by atoms with Crippen LogP contribution in [0.5, 0.6) is 11.6 Å². The molecule has 2 aromatic rings. The molecule has 5 heteroatoms. The number of rotatable bonds is 4. The maximum absolute atomic E-state index is 9.11. The molecule has 0 spiro atoms. The van der Waals surface area contributed by atoms with Gasteiger partial charge in [0, 0.05) is 6.54 Å². The standard InChI is InChI=1S/C11H12N2O2S/c14-9-3-1-8(2-4-9)5-6-12-11-13-10(15)7-16-11/h1-4,7,14-15H,5-6H2,(H,12,13). The third-order valence-electron chi connectivity index (χ3n) is 2.12. The minimum absolute atomic E-state index is 0.0529. The Morgan fingerprint density at radius 2 is 1.94 bits per heavy atom. The fraction of sp³-hybridized carbons (Fsp3) is 0.182. The van der Waals surface area contributed by atoms with Gasteiger partial charge < -0.3 is 15.5 Å². The van der Waals surface area contributed by atoms with Crippen molar-refractivity contribution in [3.05, 3.63) is 35.2 Å². The summed E-state index contributed by atoms with van der Waals surface area (Å²) in [6, 6.07) is 7.11. The molecule has 0 aliphatic carbocycles. The molecule has 0 radical (unpaired) electrons. The minimum Gasteiger partial charge on any atom is -0.508 e. The van der Waals surface area contributed by atoms with Crippen molar-refractivity contribution in [1.29, 1.82) is 0 Å². The molecular formula is C11H12N2O2S. The Morgan fingerprint density at radius 3 is 2.56 bits per heavy atom. The first-order valence-corrected chi connectivity index (χ1v) is 5.78. The number of aromatic hydroxyl groups is 2. The Morgan fingerprint density at radius 1 is 1.19 bits per heavy atom. The molecule has 1 aromatic heterocycles. The zero-order valence-corrected chi connectivity index (χ0v) is 9.37. The third-order valence-corrected chi connectivity index (χ3v) is 2.91. The monoisotopic (exact) mass is 236 g/mol. The molecule has 0 fully saturated rings. The summed E-state index contributed by atoms with van der Waals surface area (Å²) in [5.74, 6) is 0.332. The third kappa shape index (κ3) is 2.87. The van der Waals surface area contributed by atoms with E-state index < -0.39 is 0 Å². The molecule has 0 saturated heterocycles. The van der Waals surface area contributed by atoms with Crippen molar-refractivity contribution in [3.63, 3.8) is 0 Å². The lowest BCUT2D eigenvalue weighted by Crippen LogP contribution is -2.04. The Balaban J connectivity index is 1.82. The molecule has 1 heterocycles. The number of anilines is 1. The van der Waals surface area contributed by atoms with E-state index in [1.165, 1.54) is 11.3 Å². The quantitative estimate of drug-likeness (QED) is 0.761. The maximum atomic E-state index is 9.11. The van der Waals surface area contributed by atoms with Crippen LogP contribution in [0.1, 0.15) is 5.56 Å². The highest BCUT2D eigenvalue weighted by Gasteiger charge is 1.99. The van der Waals surface area contributed by atoms with Crippen molar-refractivity contribution >= 4 is 16.5 Å². The van der Waals surface area contributed by atoms with Crippen molar-refractivity contribution in [2.24, 2.45) is 0 Å². The fourth-order valence-electron chi connectivity index (χ4n) is 1.32. The summed E-state index contributed by atoms with van der Waals surface area (Å²) in [4.78, 5) is 3.88. The van der Waals surface area contributed by atoms with Crippen LogP contribution in [0.2, 0.25) is 0 Å². The SMILES string of the molecule is Oc1ccc(CCNc2nc(O)cs2)cc1. The van der Waals surface area contributed by atoms with E-state index in [4.69, 9.17) is 10.2 Å². The van der Waals surface area contributed by atoms with Gasteiger partial charge in [-0.25, -0.2) is 0 Å². The Bertz CT molecular complexity index is 453. The van der Waals surface area contributed by atoms with E-state index in [1.54, 1.807) is 17.5 Å². The zero-order valence-electron chi connectivity index (χ0n) is 8.55. The smallest absolute Gasteiger partial charge is 0.223 e. The van der Waals surface area contributed by atoms with Gasteiger partial charge in [0.15, 0.2) is 5.13 Å². The number of aromatic nitrogens is 1. The molecule has 16 heavy (non-hydrogen) atoms. The second-order valence-corrected chi connectivity index (χ2v) is 4.21. The van der Waals surface area contributed by atoms with Gasteiger partial charge in [-0.05, 0) is 24.1 Å². The molecule has 2 rings (SSSR count). The summed E-state index contributed by atoms with van der Waals surface area (Å²) >= 11 is 1.37. The summed E-state index contributed by atoms with van der Waals surface area (Å²) in [5, 5.41) is 23.6. The van der Waals surface area contributed by atoms with Crippen LogP contribution in [-0.2, 0) is 6.42 Å². The highest BCUT2D eigenvalue weighted by atomic mass is 32.1. The van der Waals surface area contributed by atoms with E-state index >= 15 is 0 Å². The predicted octanol–water partition coefficient (Wildman–Crippen LogP) is 2.21. The van der Waals surface area contributed by atoms with Gasteiger partial charge in [0.1, 0.15) is 5.75 Å². The Labute approximate surface area is 97.2 Å². The Kier molecular flexibility index (Phi) is 3.26. The molecule has 1 aromatic carbocycles. The molecule has 0 amide bonds. The van der Waals surface area contributed by atoms with Gasteiger partial charge in [0.05, 0.1) is 5.38 Å². The van der Waals surface area contributed by atoms with Gasteiger partial charge in [-0.1, -0.05) is 12.1 Å². The number of phenols is 1. The lowest BCUT2D eigenvalue weighted by molar-refractivity contribution is 0.458. The number of thiazole rings is 1. The molecular weight excluding hydrogens is 224 g/mol.